The molecule has 4 N–H and O–H groups in total. The van der Waals surface area contributed by atoms with Gasteiger partial charge in [0.15, 0.2) is 6.23 Å². The molecule has 2 aliphatic rings. The number of amides is 2. The Bertz CT molecular complexity index is 682. The molecule has 12 nitrogen and oxygen atoms in total. The SMILES string of the molecule is CC(=O)N[C@H]1COC(=O)N1Cc1cn([C@H]2O[C@@H](C)[C@@H](O)[C@@H](O)[C@@H]2O)nn1. The second-order valence-electron chi connectivity index (χ2n) is 6.31. The average Bonchev–Trinajstić information content (AvgIpc) is 3.18. The molecule has 6 atom stereocenters. The maximum absolute atomic E-state index is 11.8. The highest BCUT2D eigenvalue weighted by Gasteiger charge is 2.43. The van der Waals surface area contributed by atoms with Crippen molar-refractivity contribution in [3.8, 4) is 0 Å². The van der Waals surface area contributed by atoms with Crippen LogP contribution in [0.4, 0.5) is 4.79 Å². The molecule has 0 bridgehead atoms. The van der Waals surface area contributed by atoms with E-state index in [0.29, 0.717) is 5.69 Å². The van der Waals surface area contributed by atoms with Gasteiger partial charge in [0.25, 0.3) is 0 Å². The van der Waals surface area contributed by atoms with Crippen LogP contribution in [0.15, 0.2) is 6.20 Å². The van der Waals surface area contributed by atoms with Gasteiger partial charge in [-0.25, -0.2) is 9.48 Å². The summed E-state index contributed by atoms with van der Waals surface area (Å²) in [5, 5.41) is 40.1. The lowest BCUT2D eigenvalue weighted by Gasteiger charge is -2.38. The molecule has 1 aromatic heterocycles. The van der Waals surface area contributed by atoms with Crippen LogP contribution in [-0.2, 0) is 20.8 Å². The number of carbonyl (C=O) groups excluding carboxylic acids is 2. The number of aliphatic hydroxyl groups is 3. The molecule has 0 saturated carbocycles. The van der Waals surface area contributed by atoms with Gasteiger partial charge < -0.3 is 30.1 Å². The molecule has 144 valence electrons. The Labute approximate surface area is 148 Å². The van der Waals surface area contributed by atoms with Gasteiger partial charge in [0.1, 0.15) is 36.8 Å². The summed E-state index contributed by atoms with van der Waals surface area (Å²) in [7, 11) is 0. The van der Waals surface area contributed by atoms with E-state index in [2.05, 4.69) is 15.6 Å². The van der Waals surface area contributed by atoms with Crippen molar-refractivity contribution in [1.82, 2.24) is 25.2 Å². The molecule has 2 aliphatic heterocycles. The van der Waals surface area contributed by atoms with Crippen LogP contribution in [0.5, 0.6) is 0 Å². The molecule has 1 aromatic rings. The first-order valence-electron chi connectivity index (χ1n) is 8.08. The second-order valence-corrected chi connectivity index (χ2v) is 6.31. The topological polar surface area (TPSA) is 159 Å². The molecule has 3 heterocycles. The van der Waals surface area contributed by atoms with E-state index in [1.807, 2.05) is 0 Å². The summed E-state index contributed by atoms with van der Waals surface area (Å²) in [4.78, 5) is 24.3. The molecule has 3 rings (SSSR count). The maximum atomic E-state index is 11.8. The molecule has 0 radical (unpaired) electrons. The molecule has 0 unspecified atom stereocenters. The third kappa shape index (κ3) is 3.49. The minimum Gasteiger partial charge on any atom is -0.445 e. The van der Waals surface area contributed by atoms with E-state index in [4.69, 9.17) is 9.47 Å². The molecular weight excluding hydrogens is 350 g/mol. The summed E-state index contributed by atoms with van der Waals surface area (Å²) < 4.78 is 11.6. The Morgan fingerprint density at radius 1 is 1.35 bits per heavy atom. The molecule has 12 heteroatoms. The van der Waals surface area contributed by atoms with Gasteiger partial charge in [-0.2, -0.15) is 0 Å². The Morgan fingerprint density at radius 2 is 2.08 bits per heavy atom. The van der Waals surface area contributed by atoms with Gasteiger partial charge in [-0.1, -0.05) is 5.21 Å². The van der Waals surface area contributed by atoms with E-state index in [1.165, 1.54) is 22.7 Å². The highest BCUT2D eigenvalue weighted by molar-refractivity contribution is 5.75. The number of rotatable bonds is 4. The normalized spacial score (nSPS) is 34.7. The second kappa shape index (κ2) is 7.15. The summed E-state index contributed by atoms with van der Waals surface area (Å²) in [6.07, 6.45) is -5.54. The fourth-order valence-electron chi connectivity index (χ4n) is 2.91. The zero-order chi connectivity index (χ0) is 19.0. The number of aromatic nitrogens is 3. The maximum Gasteiger partial charge on any atom is 0.412 e. The fourth-order valence-corrected chi connectivity index (χ4v) is 2.91. The first-order valence-corrected chi connectivity index (χ1v) is 8.08. The highest BCUT2D eigenvalue weighted by atomic mass is 16.6. The summed E-state index contributed by atoms with van der Waals surface area (Å²) >= 11 is 0. The number of cyclic esters (lactones) is 1. The van der Waals surface area contributed by atoms with Crippen molar-refractivity contribution in [2.45, 2.75) is 57.2 Å². The van der Waals surface area contributed by atoms with Crippen LogP contribution in [0.1, 0.15) is 25.8 Å². The zero-order valence-corrected chi connectivity index (χ0v) is 14.2. The van der Waals surface area contributed by atoms with E-state index in [-0.39, 0.29) is 19.1 Å². The third-order valence-electron chi connectivity index (χ3n) is 4.32. The lowest BCUT2D eigenvalue weighted by molar-refractivity contribution is -0.243. The van der Waals surface area contributed by atoms with Gasteiger partial charge in [-0.15, -0.1) is 5.10 Å². The molecular formula is C14H21N5O7. The minimum atomic E-state index is -1.40. The molecule has 2 saturated heterocycles. The third-order valence-corrected chi connectivity index (χ3v) is 4.32. The quantitative estimate of drug-likeness (QED) is 0.456. The van der Waals surface area contributed by atoms with Crippen LogP contribution in [0.3, 0.4) is 0 Å². The number of nitrogens with zero attached hydrogens (tertiary/aromatic N) is 4. The molecule has 0 aliphatic carbocycles. The molecule has 0 spiro atoms. The van der Waals surface area contributed by atoms with Gasteiger partial charge >= 0.3 is 6.09 Å². The van der Waals surface area contributed by atoms with Crippen LogP contribution >= 0.6 is 0 Å². The van der Waals surface area contributed by atoms with Gasteiger partial charge in [0, 0.05) is 6.92 Å². The van der Waals surface area contributed by atoms with E-state index < -0.39 is 42.9 Å². The van der Waals surface area contributed by atoms with Gasteiger partial charge in [-0.3, -0.25) is 9.69 Å². The van der Waals surface area contributed by atoms with Gasteiger partial charge in [-0.05, 0) is 6.92 Å². The van der Waals surface area contributed by atoms with Crippen molar-refractivity contribution in [3.05, 3.63) is 11.9 Å². The number of ether oxygens (including phenoxy) is 2. The number of carbonyl (C=O) groups is 2. The van der Waals surface area contributed by atoms with E-state index in [1.54, 1.807) is 6.92 Å². The fraction of sp³-hybridized carbons (Fsp3) is 0.714. The van der Waals surface area contributed by atoms with Gasteiger partial charge in [0.2, 0.25) is 5.91 Å². The van der Waals surface area contributed by atoms with Gasteiger partial charge in [0.05, 0.1) is 18.8 Å². The first kappa shape index (κ1) is 18.5. The lowest BCUT2D eigenvalue weighted by atomic mass is 9.99. The molecule has 26 heavy (non-hydrogen) atoms. The smallest absolute Gasteiger partial charge is 0.412 e. The molecule has 2 fully saturated rings. The molecule has 2 amide bonds. The Kier molecular flexibility index (Phi) is 5.09. The number of hydrogen-bond acceptors (Lipinski definition) is 9. The van der Waals surface area contributed by atoms with Crippen LogP contribution in [0.25, 0.3) is 0 Å². The van der Waals surface area contributed by atoms with Crippen molar-refractivity contribution in [1.29, 1.82) is 0 Å². The summed E-state index contributed by atoms with van der Waals surface area (Å²) in [5.41, 5.74) is 0.364. The predicted octanol–water partition coefficient (Wildman–Crippen LogP) is -2.31. The Hall–Kier alpha value is -2.28. The van der Waals surface area contributed by atoms with Crippen molar-refractivity contribution in [2.24, 2.45) is 0 Å². The van der Waals surface area contributed by atoms with Crippen LogP contribution in [-0.4, -0.2) is 84.4 Å². The van der Waals surface area contributed by atoms with Crippen molar-refractivity contribution in [3.63, 3.8) is 0 Å². The summed E-state index contributed by atoms with van der Waals surface area (Å²) in [5.74, 6) is -0.304. The highest BCUT2D eigenvalue weighted by Crippen LogP contribution is 2.27. The number of nitrogens with one attached hydrogen (secondary N) is 1. The van der Waals surface area contributed by atoms with Crippen LogP contribution < -0.4 is 5.32 Å². The summed E-state index contributed by atoms with van der Waals surface area (Å²) in [6.45, 7) is 2.94. The Balaban J connectivity index is 1.71. The van der Waals surface area contributed by atoms with Crippen LogP contribution in [0.2, 0.25) is 0 Å². The largest absolute Gasteiger partial charge is 0.445 e. The van der Waals surface area contributed by atoms with Crippen molar-refractivity contribution in [2.75, 3.05) is 6.61 Å². The Morgan fingerprint density at radius 3 is 2.77 bits per heavy atom. The zero-order valence-electron chi connectivity index (χ0n) is 14.2. The predicted molar refractivity (Wildman–Crippen MR) is 82.1 cm³/mol. The summed E-state index contributed by atoms with van der Waals surface area (Å²) in [6, 6.07) is 0. The average molecular weight is 371 g/mol. The van der Waals surface area contributed by atoms with E-state index in [0.717, 1.165) is 0 Å². The van der Waals surface area contributed by atoms with E-state index >= 15 is 0 Å². The number of hydrogen-bond donors (Lipinski definition) is 4. The van der Waals surface area contributed by atoms with Crippen molar-refractivity contribution >= 4 is 12.0 Å². The monoisotopic (exact) mass is 371 g/mol. The molecule has 0 aromatic carbocycles. The first-order chi connectivity index (χ1) is 12.3. The number of aliphatic hydroxyl groups excluding tert-OH is 3. The van der Waals surface area contributed by atoms with Crippen molar-refractivity contribution < 1.29 is 34.4 Å². The standard InChI is InChI=1S/C14H21N5O7/c1-6-10(21)11(22)12(23)13(26-6)19-4-8(16-17-19)3-18-9(15-7(2)20)5-25-14(18)24/h4,6,9-13,21-23H,3,5H2,1-2H3,(H,15,20)/t6-,9+,10+,11+,12-,13-/m0/s1. The lowest BCUT2D eigenvalue weighted by Crippen LogP contribution is -2.54. The minimum absolute atomic E-state index is 0.0212. The van der Waals surface area contributed by atoms with Crippen LogP contribution in [0, 0.1) is 0 Å². The van der Waals surface area contributed by atoms with E-state index in [9.17, 15) is 24.9 Å².